The van der Waals surface area contributed by atoms with E-state index >= 15 is 0 Å². The third-order valence-electron chi connectivity index (χ3n) is 5.19. The molecule has 0 spiro atoms. The van der Waals surface area contributed by atoms with Crippen LogP contribution in [0.4, 0.5) is 22.1 Å². The summed E-state index contributed by atoms with van der Waals surface area (Å²) in [5.41, 5.74) is 1.28. The first kappa shape index (κ1) is 24.2. The number of amides is 1. The van der Waals surface area contributed by atoms with Crippen LogP contribution in [0.3, 0.4) is 0 Å². The summed E-state index contributed by atoms with van der Waals surface area (Å²) in [6.07, 6.45) is 6.17. The molecule has 1 fully saturated rings. The Balaban J connectivity index is 1.62. The van der Waals surface area contributed by atoms with Crippen LogP contribution in [0.15, 0.2) is 24.7 Å². The van der Waals surface area contributed by atoms with E-state index in [2.05, 4.69) is 25.6 Å². The molecule has 0 unspecified atom stereocenters. The van der Waals surface area contributed by atoms with E-state index in [0.717, 1.165) is 18.5 Å². The number of piperidine rings is 1. The van der Waals surface area contributed by atoms with Gasteiger partial charge >= 0.3 is 12.1 Å². The van der Waals surface area contributed by atoms with Gasteiger partial charge in [-0.25, -0.2) is 19.6 Å². The van der Waals surface area contributed by atoms with Crippen molar-refractivity contribution in [3.8, 4) is 0 Å². The predicted molar refractivity (Wildman–Crippen MR) is 125 cm³/mol. The number of carbonyl (C=O) groups is 2. The fourth-order valence-corrected chi connectivity index (χ4v) is 3.43. The van der Waals surface area contributed by atoms with Crippen molar-refractivity contribution in [3.05, 3.63) is 35.9 Å². The van der Waals surface area contributed by atoms with Gasteiger partial charge < -0.3 is 25.0 Å². The molecule has 10 heteroatoms. The Morgan fingerprint density at radius 1 is 1.09 bits per heavy atom. The second-order valence-corrected chi connectivity index (χ2v) is 9.07. The van der Waals surface area contributed by atoms with Crippen LogP contribution < -0.4 is 10.6 Å². The molecule has 0 radical (unpaired) electrons. The summed E-state index contributed by atoms with van der Waals surface area (Å²) in [5.74, 6) is 0.968. The summed E-state index contributed by atoms with van der Waals surface area (Å²) in [5, 5.41) is 6.46. The Kier molecular flexibility index (Phi) is 7.67. The van der Waals surface area contributed by atoms with Crippen molar-refractivity contribution in [2.75, 3.05) is 37.4 Å². The molecule has 178 valence electrons. The number of hydrogen-bond donors (Lipinski definition) is 2. The lowest BCUT2D eigenvalue weighted by molar-refractivity contribution is 0.0187. The number of pyridine rings is 1. The molecule has 1 aliphatic heterocycles. The first-order chi connectivity index (χ1) is 15.6. The van der Waals surface area contributed by atoms with Gasteiger partial charge in [-0.2, -0.15) is 0 Å². The molecule has 0 atom stereocenters. The first-order valence-electron chi connectivity index (χ1n) is 11.0. The lowest BCUT2D eigenvalue weighted by atomic mass is 9.97. The summed E-state index contributed by atoms with van der Waals surface area (Å²) in [4.78, 5) is 39.0. The quantitative estimate of drug-likeness (QED) is 0.626. The molecule has 0 saturated carbocycles. The van der Waals surface area contributed by atoms with Gasteiger partial charge in [0.05, 0.1) is 30.9 Å². The second-order valence-electron chi connectivity index (χ2n) is 9.07. The number of hydrogen-bond acceptors (Lipinski definition) is 9. The van der Waals surface area contributed by atoms with Gasteiger partial charge in [-0.05, 0) is 46.5 Å². The van der Waals surface area contributed by atoms with E-state index in [1.807, 2.05) is 27.7 Å². The van der Waals surface area contributed by atoms with E-state index in [9.17, 15) is 9.59 Å². The Morgan fingerprint density at radius 3 is 2.39 bits per heavy atom. The van der Waals surface area contributed by atoms with E-state index in [-0.39, 0.29) is 6.09 Å². The highest BCUT2D eigenvalue weighted by Crippen LogP contribution is 2.24. The topological polar surface area (TPSA) is 119 Å². The maximum atomic E-state index is 12.3. The molecule has 0 bridgehead atoms. The molecule has 0 aromatic carbocycles. The van der Waals surface area contributed by atoms with Crippen molar-refractivity contribution in [1.29, 1.82) is 0 Å². The monoisotopic (exact) mass is 456 g/mol. The van der Waals surface area contributed by atoms with Crippen LogP contribution in [0.25, 0.3) is 0 Å². The zero-order valence-corrected chi connectivity index (χ0v) is 19.8. The van der Waals surface area contributed by atoms with Gasteiger partial charge in [-0.1, -0.05) is 0 Å². The molecule has 10 nitrogen and oxygen atoms in total. The molecule has 1 aliphatic rings. The fraction of sp³-hybridized carbons (Fsp3) is 0.522. The van der Waals surface area contributed by atoms with Crippen molar-refractivity contribution in [2.45, 2.75) is 46.1 Å². The molecule has 3 heterocycles. The normalized spacial score (nSPS) is 14.5. The molecular weight excluding hydrogens is 424 g/mol. The number of carbonyl (C=O) groups excluding carboxylic acids is 2. The fourth-order valence-electron chi connectivity index (χ4n) is 3.43. The van der Waals surface area contributed by atoms with E-state index in [4.69, 9.17) is 9.47 Å². The molecular formula is C23H32N6O4. The van der Waals surface area contributed by atoms with Crippen LogP contribution in [0.2, 0.25) is 0 Å². The maximum Gasteiger partial charge on any atom is 0.410 e. The van der Waals surface area contributed by atoms with Gasteiger partial charge in [0.2, 0.25) is 0 Å². The number of nitrogens with one attached hydrogen (secondary N) is 2. The number of ether oxygens (including phenoxy) is 2. The number of nitrogens with zero attached hydrogens (tertiary/aromatic N) is 4. The number of methoxy groups -OCH3 is 1. The summed E-state index contributed by atoms with van der Waals surface area (Å²) in [6, 6.07) is 1.75. The minimum atomic E-state index is -0.503. The van der Waals surface area contributed by atoms with Crippen molar-refractivity contribution in [1.82, 2.24) is 19.9 Å². The summed E-state index contributed by atoms with van der Waals surface area (Å²) >= 11 is 0. The lowest BCUT2D eigenvalue weighted by Crippen LogP contribution is -2.42. The largest absolute Gasteiger partial charge is 0.465 e. The van der Waals surface area contributed by atoms with Gasteiger partial charge in [-0.15, -0.1) is 0 Å². The molecule has 1 saturated heterocycles. The number of rotatable bonds is 6. The average molecular weight is 457 g/mol. The van der Waals surface area contributed by atoms with Crippen molar-refractivity contribution >= 4 is 29.4 Å². The maximum absolute atomic E-state index is 12.3. The number of esters is 1. The summed E-state index contributed by atoms with van der Waals surface area (Å²) in [6.45, 7) is 9.39. The van der Waals surface area contributed by atoms with Gasteiger partial charge in [0.25, 0.3) is 0 Å². The van der Waals surface area contributed by atoms with Gasteiger partial charge in [-0.3, -0.25) is 4.98 Å². The van der Waals surface area contributed by atoms with Crippen molar-refractivity contribution in [2.24, 2.45) is 5.92 Å². The highest BCUT2D eigenvalue weighted by molar-refractivity contribution is 5.95. The smallest absolute Gasteiger partial charge is 0.410 e. The third-order valence-corrected chi connectivity index (χ3v) is 5.19. The number of aromatic nitrogens is 3. The molecule has 3 rings (SSSR count). The molecule has 0 aliphatic carbocycles. The number of aryl methyl sites for hydroxylation is 1. The summed E-state index contributed by atoms with van der Waals surface area (Å²) < 4.78 is 10.4. The lowest BCUT2D eigenvalue weighted by Gasteiger charge is -2.33. The van der Waals surface area contributed by atoms with E-state index < -0.39 is 11.6 Å². The Bertz CT molecular complexity index is 966. The van der Waals surface area contributed by atoms with Crippen LogP contribution in [-0.4, -0.2) is 64.3 Å². The first-order valence-corrected chi connectivity index (χ1v) is 11.0. The molecule has 33 heavy (non-hydrogen) atoms. The minimum absolute atomic E-state index is 0.272. The Morgan fingerprint density at radius 2 is 1.79 bits per heavy atom. The van der Waals surface area contributed by atoms with E-state index in [0.29, 0.717) is 48.4 Å². The zero-order valence-electron chi connectivity index (χ0n) is 19.8. The van der Waals surface area contributed by atoms with Gasteiger partial charge in [0.15, 0.2) is 0 Å². The van der Waals surface area contributed by atoms with Crippen molar-refractivity contribution in [3.63, 3.8) is 0 Å². The van der Waals surface area contributed by atoms with Crippen LogP contribution in [0.5, 0.6) is 0 Å². The molecule has 2 N–H and O–H groups in total. The van der Waals surface area contributed by atoms with Gasteiger partial charge in [0.1, 0.15) is 22.8 Å². The highest BCUT2D eigenvalue weighted by atomic mass is 16.6. The standard InChI is InChI=1S/C23H32N6O4/c1-15-11-26-20(14-24-15)28-19-10-18(17(13-27-19)21(30)32-5)25-12-16-6-8-29(9-7-16)22(31)33-23(2,3)4/h10-11,13-14,16H,6-9,12H2,1-5H3,(H2,25,26,27,28). The molecule has 2 aromatic heterocycles. The third kappa shape index (κ3) is 7.03. The Hall–Kier alpha value is -3.43. The zero-order chi connectivity index (χ0) is 24.0. The van der Waals surface area contributed by atoms with Crippen LogP contribution in [0.1, 0.15) is 49.7 Å². The van der Waals surface area contributed by atoms with Gasteiger partial charge in [0, 0.05) is 31.9 Å². The molecule has 2 aromatic rings. The van der Waals surface area contributed by atoms with E-state index in [1.165, 1.54) is 13.3 Å². The van der Waals surface area contributed by atoms with Crippen molar-refractivity contribution < 1.29 is 19.1 Å². The van der Waals surface area contributed by atoms with Crippen LogP contribution >= 0.6 is 0 Å². The van der Waals surface area contributed by atoms with E-state index in [1.54, 1.807) is 23.4 Å². The van der Waals surface area contributed by atoms with Crippen LogP contribution in [0, 0.1) is 12.8 Å². The predicted octanol–water partition coefficient (Wildman–Crippen LogP) is 3.77. The summed E-state index contributed by atoms with van der Waals surface area (Å²) in [7, 11) is 1.34. The number of anilines is 3. The number of likely N-dealkylation sites (tertiary alicyclic amines) is 1. The second kappa shape index (κ2) is 10.5. The minimum Gasteiger partial charge on any atom is -0.465 e. The Labute approximate surface area is 194 Å². The van der Waals surface area contributed by atoms with Crippen LogP contribution in [-0.2, 0) is 9.47 Å². The highest BCUT2D eigenvalue weighted by Gasteiger charge is 2.27. The average Bonchev–Trinajstić information content (AvgIpc) is 2.78. The molecule has 1 amide bonds. The SMILES string of the molecule is COC(=O)c1cnc(Nc2cnc(C)cn2)cc1NCC1CCN(C(=O)OC(C)(C)C)CC1.